The lowest BCUT2D eigenvalue weighted by Gasteiger charge is -2.12. The number of nitrogens with one attached hydrogen (secondary N) is 2. The second-order valence-electron chi connectivity index (χ2n) is 2.76. The molecule has 0 saturated heterocycles. The largest absolute Gasteiger partial charge is 0.416 e. The highest BCUT2D eigenvalue weighted by atomic mass is 19.4. The number of halogens is 3. The number of benzene rings is 1. The first kappa shape index (κ1) is 10.7. The molecule has 0 fully saturated rings. The van der Waals surface area contributed by atoms with Crippen LogP contribution in [0.25, 0.3) is 0 Å². The maximum Gasteiger partial charge on any atom is 0.416 e. The number of alkyl halides is 3. The Bertz CT molecular complexity index is 320. The summed E-state index contributed by atoms with van der Waals surface area (Å²) >= 11 is 0. The van der Waals surface area contributed by atoms with Crippen LogP contribution in [0.3, 0.4) is 0 Å². The van der Waals surface area contributed by atoms with Gasteiger partial charge in [-0.15, -0.1) is 0 Å². The highest BCUT2D eigenvalue weighted by molar-refractivity contribution is 5.69. The fourth-order valence-corrected chi connectivity index (χ4v) is 1.15. The van der Waals surface area contributed by atoms with Gasteiger partial charge in [0.25, 0.3) is 0 Å². The highest BCUT2D eigenvalue weighted by Gasteiger charge is 2.30. The molecule has 0 heterocycles. The summed E-state index contributed by atoms with van der Waals surface area (Å²) in [6.45, 7) is 0. The minimum absolute atomic E-state index is 0.433. The third-order valence-corrected chi connectivity index (χ3v) is 1.89. The van der Waals surface area contributed by atoms with E-state index in [1.165, 1.54) is 6.07 Å². The van der Waals surface area contributed by atoms with Crippen LogP contribution < -0.4 is 10.6 Å². The summed E-state index contributed by atoms with van der Waals surface area (Å²) in [7, 11) is 3.24. The lowest BCUT2D eigenvalue weighted by Crippen LogP contribution is -2.06. The molecule has 0 atom stereocenters. The molecule has 0 bridgehead atoms. The summed E-state index contributed by atoms with van der Waals surface area (Å²) in [6, 6.07) is 3.52. The molecule has 0 aliphatic rings. The van der Waals surface area contributed by atoms with Crippen LogP contribution in [0.2, 0.25) is 0 Å². The second kappa shape index (κ2) is 3.77. The van der Waals surface area contributed by atoms with Gasteiger partial charge in [0.2, 0.25) is 0 Å². The molecule has 2 N–H and O–H groups in total. The Hall–Kier alpha value is -1.39. The van der Waals surface area contributed by atoms with Gasteiger partial charge in [-0.1, -0.05) is 0 Å². The van der Waals surface area contributed by atoms with Crippen molar-refractivity contribution in [2.24, 2.45) is 0 Å². The lowest BCUT2D eigenvalue weighted by atomic mass is 10.1. The van der Waals surface area contributed by atoms with Gasteiger partial charge in [0.1, 0.15) is 0 Å². The molecule has 0 aliphatic heterocycles. The van der Waals surface area contributed by atoms with Crippen LogP contribution in [0, 0.1) is 0 Å². The summed E-state index contributed by atoms with van der Waals surface area (Å²) in [4.78, 5) is 0. The van der Waals surface area contributed by atoms with Gasteiger partial charge in [0.05, 0.1) is 16.9 Å². The molecule has 2 nitrogen and oxygen atoms in total. The van der Waals surface area contributed by atoms with E-state index in [9.17, 15) is 13.2 Å². The van der Waals surface area contributed by atoms with E-state index in [4.69, 9.17) is 0 Å². The molecular weight excluding hydrogens is 193 g/mol. The van der Waals surface area contributed by atoms with E-state index >= 15 is 0 Å². The SMILES string of the molecule is CNc1ccc(C(F)(F)F)cc1NC. The molecule has 1 rings (SSSR count). The Morgan fingerprint density at radius 2 is 1.57 bits per heavy atom. The molecule has 1 aromatic rings. The van der Waals surface area contributed by atoms with Crippen LogP contribution in [-0.4, -0.2) is 14.1 Å². The van der Waals surface area contributed by atoms with Crippen molar-refractivity contribution in [3.8, 4) is 0 Å². The second-order valence-corrected chi connectivity index (χ2v) is 2.76. The van der Waals surface area contributed by atoms with E-state index in [0.29, 0.717) is 11.4 Å². The van der Waals surface area contributed by atoms with E-state index in [1.54, 1.807) is 14.1 Å². The van der Waals surface area contributed by atoms with Gasteiger partial charge in [0.15, 0.2) is 0 Å². The Labute approximate surface area is 80.1 Å². The zero-order valence-corrected chi connectivity index (χ0v) is 7.87. The van der Waals surface area contributed by atoms with Crippen LogP contribution in [0.4, 0.5) is 24.5 Å². The van der Waals surface area contributed by atoms with E-state index in [1.807, 2.05) is 0 Å². The Morgan fingerprint density at radius 3 is 2.00 bits per heavy atom. The van der Waals surface area contributed by atoms with Crippen molar-refractivity contribution in [3.63, 3.8) is 0 Å². The van der Waals surface area contributed by atoms with Crippen LogP contribution in [0.5, 0.6) is 0 Å². The fraction of sp³-hybridized carbons (Fsp3) is 0.333. The Morgan fingerprint density at radius 1 is 1.00 bits per heavy atom. The molecular formula is C9H11F3N2. The number of anilines is 2. The standard InChI is InChI=1S/C9H11F3N2/c1-13-7-4-3-6(9(10,11)12)5-8(7)14-2/h3-5,13-14H,1-2H3. The van der Waals surface area contributed by atoms with Crippen molar-refractivity contribution in [1.82, 2.24) is 0 Å². The van der Waals surface area contributed by atoms with Crippen LogP contribution >= 0.6 is 0 Å². The maximum absolute atomic E-state index is 12.3. The van der Waals surface area contributed by atoms with E-state index in [0.717, 1.165) is 12.1 Å². The van der Waals surface area contributed by atoms with Gasteiger partial charge in [-0.2, -0.15) is 13.2 Å². The molecule has 0 radical (unpaired) electrons. The molecule has 0 amide bonds. The molecule has 0 saturated carbocycles. The smallest absolute Gasteiger partial charge is 0.386 e. The zero-order chi connectivity index (χ0) is 10.8. The Balaban J connectivity index is 3.14. The van der Waals surface area contributed by atoms with Crippen molar-refractivity contribution in [2.75, 3.05) is 24.7 Å². The minimum atomic E-state index is -4.29. The van der Waals surface area contributed by atoms with Gasteiger partial charge in [-0.25, -0.2) is 0 Å². The molecule has 0 aliphatic carbocycles. The van der Waals surface area contributed by atoms with Crippen molar-refractivity contribution >= 4 is 11.4 Å². The minimum Gasteiger partial charge on any atom is -0.386 e. The first-order valence-electron chi connectivity index (χ1n) is 4.05. The maximum atomic E-state index is 12.3. The average molecular weight is 204 g/mol. The summed E-state index contributed by atoms with van der Waals surface area (Å²) in [5.74, 6) is 0. The van der Waals surface area contributed by atoms with E-state index in [-0.39, 0.29) is 0 Å². The summed E-state index contributed by atoms with van der Waals surface area (Å²) < 4.78 is 36.9. The van der Waals surface area contributed by atoms with Crippen molar-refractivity contribution in [3.05, 3.63) is 23.8 Å². The third-order valence-electron chi connectivity index (χ3n) is 1.89. The number of hydrogen-bond donors (Lipinski definition) is 2. The molecule has 0 unspecified atom stereocenters. The van der Waals surface area contributed by atoms with Crippen LogP contribution in [0.15, 0.2) is 18.2 Å². The van der Waals surface area contributed by atoms with Crippen molar-refractivity contribution in [1.29, 1.82) is 0 Å². The predicted octanol–water partition coefficient (Wildman–Crippen LogP) is 2.79. The van der Waals surface area contributed by atoms with Gasteiger partial charge >= 0.3 is 6.18 Å². The predicted molar refractivity (Wildman–Crippen MR) is 50.5 cm³/mol. The normalized spacial score (nSPS) is 11.2. The van der Waals surface area contributed by atoms with E-state index < -0.39 is 11.7 Å². The van der Waals surface area contributed by atoms with Crippen molar-refractivity contribution < 1.29 is 13.2 Å². The third kappa shape index (κ3) is 2.10. The summed E-state index contributed by atoms with van der Waals surface area (Å²) in [5, 5.41) is 5.49. The summed E-state index contributed by atoms with van der Waals surface area (Å²) in [6.07, 6.45) is -4.29. The van der Waals surface area contributed by atoms with Gasteiger partial charge in [-0.05, 0) is 18.2 Å². The molecule has 78 valence electrons. The monoisotopic (exact) mass is 204 g/mol. The molecule has 5 heteroatoms. The topological polar surface area (TPSA) is 24.1 Å². The average Bonchev–Trinajstić information content (AvgIpc) is 2.15. The van der Waals surface area contributed by atoms with Gasteiger partial charge in [0, 0.05) is 14.1 Å². The number of hydrogen-bond acceptors (Lipinski definition) is 2. The quantitative estimate of drug-likeness (QED) is 0.774. The van der Waals surface area contributed by atoms with Gasteiger partial charge < -0.3 is 10.6 Å². The lowest BCUT2D eigenvalue weighted by molar-refractivity contribution is -0.137. The molecule has 0 aromatic heterocycles. The first-order chi connectivity index (χ1) is 6.49. The van der Waals surface area contributed by atoms with Crippen LogP contribution in [0.1, 0.15) is 5.56 Å². The summed E-state index contributed by atoms with van der Waals surface area (Å²) in [5.41, 5.74) is 0.420. The fourth-order valence-electron chi connectivity index (χ4n) is 1.15. The van der Waals surface area contributed by atoms with Gasteiger partial charge in [-0.3, -0.25) is 0 Å². The highest BCUT2D eigenvalue weighted by Crippen LogP contribution is 2.33. The molecule has 1 aromatic carbocycles. The van der Waals surface area contributed by atoms with E-state index in [2.05, 4.69) is 10.6 Å². The Kier molecular flexibility index (Phi) is 2.88. The first-order valence-corrected chi connectivity index (χ1v) is 4.05. The zero-order valence-electron chi connectivity index (χ0n) is 7.87. The molecule has 0 spiro atoms. The van der Waals surface area contributed by atoms with Crippen molar-refractivity contribution in [2.45, 2.75) is 6.18 Å². The van der Waals surface area contributed by atoms with Crippen LogP contribution in [-0.2, 0) is 6.18 Å². The molecule has 14 heavy (non-hydrogen) atoms. The number of rotatable bonds is 2.